The summed E-state index contributed by atoms with van der Waals surface area (Å²) in [6.45, 7) is -0.0135. The van der Waals surface area contributed by atoms with Gasteiger partial charge in [0.1, 0.15) is 10.7 Å². The first kappa shape index (κ1) is 11.3. The molecule has 0 atom stereocenters. The average Bonchev–Trinajstić information content (AvgIpc) is 2.77. The van der Waals surface area contributed by atoms with Gasteiger partial charge in [-0.2, -0.15) is 0 Å². The van der Waals surface area contributed by atoms with E-state index >= 15 is 0 Å². The van der Waals surface area contributed by atoms with Crippen molar-refractivity contribution in [2.24, 2.45) is 0 Å². The highest BCUT2D eigenvalue weighted by atomic mass is 32.2. The van der Waals surface area contributed by atoms with Gasteiger partial charge in [0, 0.05) is 11.1 Å². The summed E-state index contributed by atoms with van der Waals surface area (Å²) in [7, 11) is 0. The number of aliphatic hydroxyl groups excluding tert-OH is 1. The molecular formula is C14H12N2OS. The second-order valence-corrected chi connectivity index (χ2v) is 4.93. The maximum absolute atomic E-state index is 9.51. The summed E-state index contributed by atoms with van der Waals surface area (Å²) in [5.74, 6) is 0. The molecule has 1 aromatic carbocycles. The third-order valence-electron chi connectivity index (χ3n) is 2.70. The van der Waals surface area contributed by atoms with E-state index < -0.39 is 0 Å². The van der Waals surface area contributed by atoms with E-state index in [1.807, 2.05) is 59.1 Å². The molecule has 0 saturated heterocycles. The Hall–Kier alpha value is -1.78. The Balaban J connectivity index is 2.06. The normalized spacial score (nSPS) is 10.9. The number of hydrogen-bond donors (Lipinski definition) is 1. The first-order valence-electron chi connectivity index (χ1n) is 5.68. The van der Waals surface area contributed by atoms with Crippen molar-refractivity contribution in [3.63, 3.8) is 0 Å². The number of aliphatic hydroxyl groups is 1. The van der Waals surface area contributed by atoms with Crippen LogP contribution in [0.4, 0.5) is 0 Å². The molecule has 0 aliphatic rings. The lowest BCUT2D eigenvalue weighted by atomic mass is 10.4. The highest BCUT2D eigenvalue weighted by molar-refractivity contribution is 7.99. The summed E-state index contributed by atoms with van der Waals surface area (Å²) < 4.78 is 1.92. The van der Waals surface area contributed by atoms with Gasteiger partial charge in [-0.3, -0.25) is 0 Å². The first-order chi connectivity index (χ1) is 8.88. The van der Waals surface area contributed by atoms with E-state index in [0.29, 0.717) is 0 Å². The molecule has 2 heterocycles. The molecule has 0 aliphatic heterocycles. The maximum Gasteiger partial charge on any atom is 0.138 e. The van der Waals surface area contributed by atoms with Crippen molar-refractivity contribution >= 4 is 17.4 Å². The molecular weight excluding hydrogens is 244 g/mol. The van der Waals surface area contributed by atoms with Gasteiger partial charge in [0.2, 0.25) is 0 Å². The van der Waals surface area contributed by atoms with Crippen LogP contribution >= 0.6 is 11.8 Å². The number of pyridine rings is 1. The van der Waals surface area contributed by atoms with Crippen LogP contribution < -0.4 is 0 Å². The summed E-state index contributed by atoms with van der Waals surface area (Å²) in [6, 6.07) is 15.9. The maximum atomic E-state index is 9.51. The molecule has 0 bridgehead atoms. The molecule has 0 unspecified atom stereocenters. The Bertz CT molecular complexity index is 664. The van der Waals surface area contributed by atoms with Crippen molar-refractivity contribution in [1.29, 1.82) is 0 Å². The molecule has 0 spiro atoms. The molecule has 3 rings (SSSR count). The molecule has 90 valence electrons. The predicted molar refractivity (Wildman–Crippen MR) is 71.7 cm³/mol. The molecule has 0 amide bonds. The van der Waals surface area contributed by atoms with E-state index in [1.165, 1.54) is 0 Å². The van der Waals surface area contributed by atoms with Crippen LogP contribution in [0.1, 0.15) is 5.69 Å². The van der Waals surface area contributed by atoms with Crippen molar-refractivity contribution in [2.45, 2.75) is 16.5 Å². The number of rotatable bonds is 3. The fourth-order valence-corrected chi connectivity index (χ4v) is 2.79. The van der Waals surface area contributed by atoms with Crippen LogP contribution in [0.25, 0.3) is 5.65 Å². The summed E-state index contributed by atoms with van der Waals surface area (Å²) in [5.41, 5.74) is 1.69. The second kappa shape index (κ2) is 4.84. The zero-order valence-electron chi connectivity index (χ0n) is 9.65. The zero-order valence-corrected chi connectivity index (χ0v) is 10.5. The Morgan fingerprint density at radius 2 is 1.83 bits per heavy atom. The largest absolute Gasteiger partial charge is 0.390 e. The fraction of sp³-hybridized carbons (Fsp3) is 0.0714. The van der Waals surface area contributed by atoms with Crippen molar-refractivity contribution in [3.8, 4) is 0 Å². The fourth-order valence-electron chi connectivity index (χ4n) is 1.85. The minimum atomic E-state index is -0.0135. The lowest BCUT2D eigenvalue weighted by Crippen LogP contribution is -1.92. The molecule has 0 saturated carbocycles. The summed E-state index contributed by atoms with van der Waals surface area (Å²) >= 11 is 1.57. The van der Waals surface area contributed by atoms with Crippen LogP contribution in [0.15, 0.2) is 64.6 Å². The van der Waals surface area contributed by atoms with Crippen LogP contribution in [0.3, 0.4) is 0 Å². The third-order valence-corrected chi connectivity index (χ3v) is 3.73. The van der Waals surface area contributed by atoms with Gasteiger partial charge in [-0.05, 0) is 24.3 Å². The number of nitrogens with zero attached hydrogens (tertiary/aromatic N) is 2. The van der Waals surface area contributed by atoms with Crippen LogP contribution in [0.5, 0.6) is 0 Å². The monoisotopic (exact) mass is 256 g/mol. The predicted octanol–water partition coefficient (Wildman–Crippen LogP) is 2.98. The van der Waals surface area contributed by atoms with Crippen molar-refractivity contribution in [3.05, 3.63) is 60.4 Å². The molecule has 0 fully saturated rings. The van der Waals surface area contributed by atoms with Gasteiger partial charge in [0.05, 0.1) is 12.3 Å². The molecule has 2 aromatic heterocycles. The molecule has 0 radical (unpaired) electrons. The number of aromatic nitrogens is 2. The Kier molecular flexibility index (Phi) is 3.04. The van der Waals surface area contributed by atoms with Crippen molar-refractivity contribution in [1.82, 2.24) is 9.38 Å². The van der Waals surface area contributed by atoms with Gasteiger partial charge >= 0.3 is 0 Å². The Labute approximate surface area is 109 Å². The van der Waals surface area contributed by atoms with Gasteiger partial charge in [0.25, 0.3) is 0 Å². The minimum absolute atomic E-state index is 0.0135. The Morgan fingerprint density at radius 1 is 1.06 bits per heavy atom. The lowest BCUT2D eigenvalue weighted by molar-refractivity contribution is 0.272. The molecule has 18 heavy (non-hydrogen) atoms. The van der Waals surface area contributed by atoms with E-state index in [9.17, 15) is 5.11 Å². The van der Waals surface area contributed by atoms with Gasteiger partial charge in [-0.1, -0.05) is 36.0 Å². The van der Waals surface area contributed by atoms with Gasteiger partial charge in [0.15, 0.2) is 0 Å². The molecule has 4 heteroatoms. The van der Waals surface area contributed by atoms with E-state index in [4.69, 9.17) is 0 Å². The van der Waals surface area contributed by atoms with Gasteiger partial charge in [-0.25, -0.2) is 4.98 Å². The Morgan fingerprint density at radius 3 is 2.61 bits per heavy atom. The highest BCUT2D eigenvalue weighted by Gasteiger charge is 2.11. The lowest BCUT2D eigenvalue weighted by Gasteiger charge is -2.01. The minimum Gasteiger partial charge on any atom is -0.390 e. The van der Waals surface area contributed by atoms with Crippen molar-refractivity contribution < 1.29 is 5.11 Å². The van der Waals surface area contributed by atoms with Gasteiger partial charge in [-0.15, -0.1) is 0 Å². The number of hydrogen-bond acceptors (Lipinski definition) is 3. The third kappa shape index (κ3) is 2.00. The van der Waals surface area contributed by atoms with Crippen LogP contribution in [0, 0.1) is 0 Å². The molecule has 3 nitrogen and oxygen atoms in total. The summed E-state index contributed by atoms with van der Waals surface area (Å²) in [5, 5.41) is 10.4. The molecule has 0 aliphatic carbocycles. The van der Waals surface area contributed by atoms with Crippen molar-refractivity contribution in [2.75, 3.05) is 0 Å². The topological polar surface area (TPSA) is 37.5 Å². The number of imidazole rings is 1. The standard InChI is InChI=1S/C14H12N2OS/c17-10-12-14(18-11-6-2-1-3-7-11)15-13-8-4-5-9-16(12)13/h1-9,17H,10H2. The quantitative estimate of drug-likeness (QED) is 0.783. The molecule has 3 aromatic rings. The van der Waals surface area contributed by atoms with E-state index in [0.717, 1.165) is 21.3 Å². The number of fused-ring (bicyclic) bond motifs is 1. The van der Waals surface area contributed by atoms with Crippen LogP contribution in [-0.2, 0) is 6.61 Å². The first-order valence-corrected chi connectivity index (χ1v) is 6.50. The van der Waals surface area contributed by atoms with E-state index in [-0.39, 0.29) is 6.61 Å². The summed E-state index contributed by atoms with van der Waals surface area (Å²) in [4.78, 5) is 5.67. The smallest absolute Gasteiger partial charge is 0.138 e. The van der Waals surface area contributed by atoms with E-state index in [2.05, 4.69) is 4.98 Å². The summed E-state index contributed by atoms with van der Waals surface area (Å²) in [6.07, 6.45) is 1.92. The number of benzene rings is 1. The SMILES string of the molecule is OCc1c(Sc2ccccc2)nc2ccccn12. The van der Waals surface area contributed by atoms with Crippen LogP contribution in [-0.4, -0.2) is 14.5 Å². The second-order valence-electron chi connectivity index (χ2n) is 3.87. The zero-order chi connectivity index (χ0) is 12.4. The average molecular weight is 256 g/mol. The van der Waals surface area contributed by atoms with E-state index in [1.54, 1.807) is 11.8 Å². The highest BCUT2D eigenvalue weighted by Crippen LogP contribution is 2.30. The van der Waals surface area contributed by atoms with Gasteiger partial charge < -0.3 is 9.51 Å². The molecule has 1 N–H and O–H groups in total. The van der Waals surface area contributed by atoms with Crippen LogP contribution in [0.2, 0.25) is 0 Å².